The van der Waals surface area contributed by atoms with Crippen LogP contribution in [0.5, 0.6) is 11.5 Å². The first-order valence-electron chi connectivity index (χ1n) is 10.8. The fourth-order valence-electron chi connectivity index (χ4n) is 3.71. The molecule has 7 heteroatoms. The van der Waals surface area contributed by atoms with E-state index in [9.17, 15) is 4.79 Å². The van der Waals surface area contributed by atoms with E-state index in [1.165, 1.54) is 0 Å². The van der Waals surface area contributed by atoms with Crippen LogP contribution in [0.15, 0.2) is 47.5 Å². The molecular formula is C24H32N4O3. The van der Waals surface area contributed by atoms with Crippen LogP contribution in [0.4, 0.5) is 11.4 Å². The second-order valence-electron chi connectivity index (χ2n) is 7.56. The van der Waals surface area contributed by atoms with Crippen LogP contribution in [0.25, 0.3) is 0 Å². The zero-order chi connectivity index (χ0) is 22.1. The molecule has 1 saturated carbocycles. The standard InChI is InChI=1S/C24H32N4O3/c1-4-25-24(28-20-12-13-21(30-2)22(15-20)31-3)26-16-17-8-7-11-19(14-17)27-23(29)18-9-5-6-10-18/h7-8,11-15,18H,4-6,9-10,16H2,1-3H3,(H,27,29)(H2,25,26,28). The van der Waals surface area contributed by atoms with Crippen molar-refractivity contribution in [3.05, 3.63) is 48.0 Å². The van der Waals surface area contributed by atoms with Gasteiger partial charge in [-0.3, -0.25) is 4.79 Å². The SMILES string of the molecule is CCNC(=NCc1cccc(NC(=O)C2CCCC2)c1)Nc1ccc(OC)c(OC)c1. The lowest BCUT2D eigenvalue weighted by Gasteiger charge is -2.14. The van der Waals surface area contributed by atoms with E-state index in [4.69, 9.17) is 9.47 Å². The molecule has 1 aliphatic carbocycles. The van der Waals surface area contributed by atoms with E-state index in [1.54, 1.807) is 14.2 Å². The van der Waals surface area contributed by atoms with Crippen LogP contribution in [0.3, 0.4) is 0 Å². The Morgan fingerprint density at radius 3 is 2.45 bits per heavy atom. The number of hydrogen-bond acceptors (Lipinski definition) is 4. The van der Waals surface area contributed by atoms with E-state index in [0.717, 1.165) is 49.2 Å². The Bertz CT molecular complexity index is 907. The van der Waals surface area contributed by atoms with E-state index < -0.39 is 0 Å². The maximum Gasteiger partial charge on any atom is 0.227 e. The molecule has 7 nitrogen and oxygen atoms in total. The third-order valence-corrected chi connectivity index (χ3v) is 5.33. The summed E-state index contributed by atoms with van der Waals surface area (Å²) in [6.45, 7) is 3.23. The molecule has 0 aromatic heterocycles. The van der Waals surface area contributed by atoms with Crippen molar-refractivity contribution >= 4 is 23.2 Å². The highest BCUT2D eigenvalue weighted by molar-refractivity contribution is 5.94. The number of carbonyl (C=O) groups excluding carboxylic acids is 1. The first-order chi connectivity index (χ1) is 15.1. The molecule has 3 rings (SSSR count). The molecule has 1 fully saturated rings. The topological polar surface area (TPSA) is 84.0 Å². The molecule has 2 aromatic rings. The van der Waals surface area contributed by atoms with Crippen LogP contribution >= 0.6 is 0 Å². The lowest BCUT2D eigenvalue weighted by atomic mass is 10.1. The Kier molecular flexibility index (Phi) is 8.15. The number of methoxy groups -OCH3 is 2. The first kappa shape index (κ1) is 22.5. The summed E-state index contributed by atoms with van der Waals surface area (Å²) in [6, 6.07) is 13.5. The summed E-state index contributed by atoms with van der Waals surface area (Å²) in [5, 5.41) is 9.60. The minimum absolute atomic E-state index is 0.126. The van der Waals surface area contributed by atoms with Crippen molar-refractivity contribution in [3.63, 3.8) is 0 Å². The van der Waals surface area contributed by atoms with Gasteiger partial charge < -0.3 is 25.4 Å². The number of aliphatic imine (C=N–C) groups is 1. The van der Waals surface area contributed by atoms with E-state index in [0.29, 0.717) is 24.0 Å². The Labute approximate surface area is 184 Å². The molecule has 3 N–H and O–H groups in total. The van der Waals surface area contributed by atoms with Gasteiger partial charge in [0.15, 0.2) is 17.5 Å². The summed E-state index contributed by atoms with van der Waals surface area (Å²) < 4.78 is 10.7. The molecule has 0 unspecified atom stereocenters. The summed E-state index contributed by atoms with van der Waals surface area (Å²) in [6.07, 6.45) is 4.27. The highest BCUT2D eigenvalue weighted by Crippen LogP contribution is 2.29. The molecule has 0 saturated heterocycles. The minimum Gasteiger partial charge on any atom is -0.493 e. The highest BCUT2D eigenvalue weighted by Gasteiger charge is 2.22. The fraction of sp³-hybridized carbons (Fsp3) is 0.417. The Hall–Kier alpha value is -3.22. The lowest BCUT2D eigenvalue weighted by molar-refractivity contribution is -0.119. The molecule has 0 radical (unpaired) electrons. The molecule has 0 aliphatic heterocycles. The van der Waals surface area contributed by atoms with Crippen molar-refractivity contribution in [2.24, 2.45) is 10.9 Å². The zero-order valence-electron chi connectivity index (χ0n) is 18.5. The maximum atomic E-state index is 12.4. The number of anilines is 2. The number of nitrogens with one attached hydrogen (secondary N) is 3. The molecule has 0 heterocycles. The summed E-state index contributed by atoms with van der Waals surface area (Å²) in [7, 11) is 3.22. The smallest absolute Gasteiger partial charge is 0.227 e. The maximum absolute atomic E-state index is 12.4. The van der Waals surface area contributed by atoms with Crippen molar-refractivity contribution in [3.8, 4) is 11.5 Å². The number of rotatable bonds is 8. The van der Waals surface area contributed by atoms with Crippen LogP contribution in [0.1, 0.15) is 38.2 Å². The van der Waals surface area contributed by atoms with Gasteiger partial charge in [0.05, 0.1) is 20.8 Å². The first-order valence-corrected chi connectivity index (χ1v) is 10.8. The molecular weight excluding hydrogens is 392 g/mol. The minimum atomic E-state index is 0.126. The van der Waals surface area contributed by atoms with Crippen LogP contribution in [0.2, 0.25) is 0 Å². The van der Waals surface area contributed by atoms with Gasteiger partial charge in [-0.05, 0) is 49.6 Å². The molecule has 1 amide bonds. The largest absolute Gasteiger partial charge is 0.493 e. The van der Waals surface area contributed by atoms with E-state index >= 15 is 0 Å². The second-order valence-corrected chi connectivity index (χ2v) is 7.56. The van der Waals surface area contributed by atoms with E-state index in [-0.39, 0.29) is 11.8 Å². The number of guanidine groups is 1. The average molecular weight is 425 g/mol. The average Bonchev–Trinajstić information content (AvgIpc) is 3.33. The van der Waals surface area contributed by atoms with Crippen LogP contribution in [-0.2, 0) is 11.3 Å². The summed E-state index contributed by atoms with van der Waals surface area (Å²) in [4.78, 5) is 17.1. The zero-order valence-corrected chi connectivity index (χ0v) is 18.5. The quantitative estimate of drug-likeness (QED) is 0.432. The van der Waals surface area contributed by atoms with E-state index in [2.05, 4.69) is 20.9 Å². The molecule has 0 atom stereocenters. The molecule has 31 heavy (non-hydrogen) atoms. The number of ether oxygens (including phenoxy) is 2. The van der Waals surface area contributed by atoms with Crippen molar-refractivity contribution in [1.29, 1.82) is 0 Å². The van der Waals surface area contributed by atoms with Gasteiger partial charge in [0.1, 0.15) is 0 Å². The monoisotopic (exact) mass is 424 g/mol. The van der Waals surface area contributed by atoms with Crippen LogP contribution in [0, 0.1) is 5.92 Å². The third-order valence-electron chi connectivity index (χ3n) is 5.33. The number of hydrogen-bond donors (Lipinski definition) is 3. The highest BCUT2D eigenvalue weighted by atomic mass is 16.5. The normalized spacial score (nSPS) is 14.2. The Balaban J connectivity index is 1.66. The van der Waals surface area contributed by atoms with Gasteiger partial charge in [-0.25, -0.2) is 4.99 Å². The third kappa shape index (κ3) is 6.38. The predicted octanol–water partition coefficient (Wildman–Crippen LogP) is 4.41. The van der Waals surface area contributed by atoms with Gasteiger partial charge in [0.2, 0.25) is 5.91 Å². The van der Waals surface area contributed by atoms with Gasteiger partial charge in [-0.1, -0.05) is 25.0 Å². The number of amides is 1. The summed E-state index contributed by atoms with van der Waals surface area (Å²) in [5.41, 5.74) is 2.69. The molecule has 166 valence electrons. The Morgan fingerprint density at radius 2 is 1.74 bits per heavy atom. The number of carbonyl (C=O) groups is 1. The van der Waals surface area contributed by atoms with Gasteiger partial charge in [0, 0.05) is 29.9 Å². The second kappa shape index (κ2) is 11.2. The van der Waals surface area contributed by atoms with Gasteiger partial charge in [0.25, 0.3) is 0 Å². The van der Waals surface area contributed by atoms with Crippen molar-refractivity contribution in [2.45, 2.75) is 39.2 Å². The van der Waals surface area contributed by atoms with Crippen molar-refractivity contribution < 1.29 is 14.3 Å². The van der Waals surface area contributed by atoms with Gasteiger partial charge >= 0.3 is 0 Å². The van der Waals surface area contributed by atoms with Gasteiger partial charge in [-0.2, -0.15) is 0 Å². The molecule has 2 aromatic carbocycles. The summed E-state index contributed by atoms with van der Waals surface area (Å²) >= 11 is 0. The summed E-state index contributed by atoms with van der Waals surface area (Å²) in [5.74, 6) is 2.25. The number of benzene rings is 2. The van der Waals surface area contributed by atoms with Crippen molar-refractivity contribution in [1.82, 2.24) is 5.32 Å². The molecule has 1 aliphatic rings. The lowest BCUT2D eigenvalue weighted by Crippen LogP contribution is -2.30. The molecule has 0 spiro atoms. The molecule has 0 bridgehead atoms. The number of nitrogens with zero attached hydrogens (tertiary/aromatic N) is 1. The Morgan fingerprint density at radius 1 is 1.00 bits per heavy atom. The predicted molar refractivity (Wildman–Crippen MR) is 125 cm³/mol. The van der Waals surface area contributed by atoms with Gasteiger partial charge in [-0.15, -0.1) is 0 Å². The van der Waals surface area contributed by atoms with E-state index in [1.807, 2.05) is 49.4 Å². The fourth-order valence-corrected chi connectivity index (χ4v) is 3.71. The van der Waals surface area contributed by atoms with Crippen LogP contribution in [-0.4, -0.2) is 32.6 Å². The van der Waals surface area contributed by atoms with Crippen molar-refractivity contribution in [2.75, 3.05) is 31.4 Å². The van der Waals surface area contributed by atoms with Crippen LogP contribution < -0.4 is 25.4 Å².